The number of hydrogen-bond donors (Lipinski definition) is 4. The molecule has 14 heteroatoms. The summed E-state index contributed by atoms with van der Waals surface area (Å²) in [6.07, 6.45) is 0.102. The third kappa shape index (κ3) is 9.53. The summed E-state index contributed by atoms with van der Waals surface area (Å²) in [7, 11) is 2.47. The third-order valence-corrected chi connectivity index (χ3v) is 11.8. The van der Waals surface area contributed by atoms with Crippen LogP contribution in [-0.4, -0.2) is 95.0 Å². The first-order valence-corrected chi connectivity index (χ1v) is 18.2. The second kappa shape index (κ2) is 17.0. The summed E-state index contributed by atoms with van der Waals surface area (Å²) in [4.78, 5) is 78.8. The third-order valence-electron chi connectivity index (χ3n) is 8.81. The van der Waals surface area contributed by atoms with Crippen molar-refractivity contribution >= 4 is 58.8 Å². The van der Waals surface area contributed by atoms with Crippen LogP contribution >= 0.6 is 23.5 Å². The van der Waals surface area contributed by atoms with E-state index in [0.29, 0.717) is 0 Å². The highest BCUT2D eigenvalue weighted by Gasteiger charge is 2.52. The molecular weight excluding hydrogens is 681 g/mol. The van der Waals surface area contributed by atoms with Gasteiger partial charge in [0.1, 0.15) is 23.9 Å². The van der Waals surface area contributed by atoms with Gasteiger partial charge in [0.15, 0.2) is 11.6 Å². The lowest BCUT2D eigenvalue weighted by atomic mass is 9.96. The summed E-state index contributed by atoms with van der Waals surface area (Å²) >= 11 is 2.67. The van der Waals surface area contributed by atoms with Crippen molar-refractivity contribution in [3.63, 3.8) is 0 Å². The first kappa shape index (κ1) is 39.1. The number of carbonyl (C=O) groups excluding carboxylic acids is 6. The fourth-order valence-corrected chi connectivity index (χ4v) is 9.33. The van der Waals surface area contributed by atoms with Crippen molar-refractivity contribution in [2.24, 2.45) is 11.8 Å². The predicted molar refractivity (Wildman–Crippen MR) is 192 cm³/mol. The van der Waals surface area contributed by atoms with Crippen molar-refractivity contribution < 1.29 is 38.2 Å². The van der Waals surface area contributed by atoms with E-state index in [1.165, 1.54) is 37.7 Å². The summed E-state index contributed by atoms with van der Waals surface area (Å²) in [6, 6.07) is 16.8. The van der Waals surface area contributed by atoms with Crippen LogP contribution in [0.15, 0.2) is 60.7 Å². The van der Waals surface area contributed by atoms with Gasteiger partial charge >= 0.3 is 11.9 Å². The van der Waals surface area contributed by atoms with Crippen LogP contribution < -0.4 is 21.3 Å². The molecule has 0 unspecified atom stereocenters. The molecule has 0 spiro atoms. The number of methoxy groups -OCH3 is 2. The highest BCUT2D eigenvalue weighted by Crippen LogP contribution is 2.42. The monoisotopic (exact) mass is 726 g/mol. The number of nitrogens with one attached hydrogen (secondary N) is 4. The molecule has 2 fully saturated rings. The van der Waals surface area contributed by atoms with E-state index >= 15 is 0 Å². The molecular formula is C36H46N4O8S2. The molecule has 4 rings (SSSR count). The van der Waals surface area contributed by atoms with Gasteiger partial charge in [-0.1, -0.05) is 60.7 Å². The van der Waals surface area contributed by atoms with Crippen molar-refractivity contribution in [3.05, 3.63) is 71.8 Å². The Kier molecular flexibility index (Phi) is 13.3. The maximum Gasteiger partial charge on any atom is 0.318 e. The molecule has 2 heterocycles. The zero-order valence-corrected chi connectivity index (χ0v) is 30.8. The van der Waals surface area contributed by atoms with Crippen molar-refractivity contribution in [2.45, 2.75) is 72.9 Å². The summed E-state index contributed by atoms with van der Waals surface area (Å²) in [6.45, 7) is 7.68. The van der Waals surface area contributed by atoms with E-state index < -0.39 is 56.1 Å². The Morgan fingerprint density at radius 3 is 1.30 bits per heavy atom. The van der Waals surface area contributed by atoms with Crippen molar-refractivity contribution in [2.75, 3.05) is 27.3 Å². The van der Waals surface area contributed by atoms with Crippen molar-refractivity contribution in [1.82, 2.24) is 21.3 Å². The second-order valence-electron chi connectivity index (χ2n) is 13.3. The number of ether oxygens (including phenoxy) is 2. The molecule has 0 saturated carbocycles. The highest BCUT2D eigenvalue weighted by molar-refractivity contribution is 8.01. The molecule has 2 amide bonds. The van der Waals surface area contributed by atoms with Gasteiger partial charge in [-0.05, 0) is 38.8 Å². The topological polar surface area (TPSA) is 169 Å². The van der Waals surface area contributed by atoms with Crippen molar-refractivity contribution in [1.29, 1.82) is 0 Å². The highest BCUT2D eigenvalue weighted by atomic mass is 32.2. The molecule has 50 heavy (non-hydrogen) atoms. The van der Waals surface area contributed by atoms with Crippen LogP contribution in [0.1, 0.15) is 38.8 Å². The maximum absolute atomic E-state index is 13.3. The quantitative estimate of drug-likeness (QED) is 0.120. The molecule has 0 aromatic heterocycles. The minimum Gasteiger partial charge on any atom is -0.468 e. The summed E-state index contributed by atoms with van der Waals surface area (Å²) in [5, 5.41) is 10.7. The molecule has 2 aliphatic heterocycles. The summed E-state index contributed by atoms with van der Waals surface area (Å²) in [5.74, 6) is -4.87. The molecule has 2 aromatic rings. The molecule has 0 radical (unpaired) electrons. The van der Waals surface area contributed by atoms with E-state index in [4.69, 9.17) is 9.47 Å². The molecule has 0 aliphatic carbocycles. The van der Waals surface area contributed by atoms with Gasteiger partial charge in [0.25, 0.3) is 0 Å². The number of esters is 2. The number of rotatable bonds is 15. The Labute approximate surface area is 301 Å². The standard InChI is InChI=1S/C36H46N4O8S2/c1-35(2)27(39-31(49-35)25(33(45)47-5)23(41)19-21-13-9-7-10-14-21)29(43)37-17-18-38-30(44)28-36(3,4)50-32(40-28)26(34(46)48-6)24(42)20-22-15-11-8-12-16-22/h7-16,25-28,31-32,39-40H,17-20H2,1-6H3,(H,37,43)(H,38,44)/t25-,26-,27-,28-,31+,32+/m0/s1. The first-order chi connectivity index (χ1) is 23.7. The van der Waals surface area contributed by atoms with Gasteiger partial charge in [-0.3, -0.25) is 39.4 Å². The van der Waals surface area contributed by atoms with Gasteiger partial charge < -0.3 is 20.1 Å². The molecule has 0 bridgehead atoms. The molecule has 6 atom stereocenters. The van der Waals surface area contributed by atoms with E-state index in [9.17, 15) is 28.8 Å². The van der Waals surface area contributed by atoms with Crippen LogP contribution in [0.4, 0.5) is 0 Å². The van der Waals surface area contributed by atoms with E-state index in [1.54, 1.807) is 0 Å². The Balaban J connectivity index is 1.32. The van der Waals surface area contributed by atoms with Crippen molar-refractivity contribution in [3.8, 4) is 0 Å². The zero-order valence-electron chi connectivity index (χ0n) is 29.1. The number of thioether (sulfide) groups is 2. The minimum atomic E-state index is -1.11. The SMILES string of the molecule is COC(=O)[C@@H](C(=O)Cc1ccccc1)[C@@H]1N[C@@H](C(=O)NCCNC(=O)[C@@H]2N[C@@H]([C@H](C(=O)Cc3ccccc3)C(=O)OC)SC2(C)C)C(C)(C)S1. The van der Waals surface area contributed by atoms with Gasteiger partial charge in [-0.25, -0.2) is 0 Å². The second-order valence-corrected chi connectivity index (χ2v) is 16.9. The lowest BCUT2D eigenvalue weighted by Gasteiger charge is -2.25. The number of hydrogen-bond acceptors (Lipinski definition) is 12. The number of benzene rings is 2. The van der Waals surface area contributed by atoms with Crippen LogP contribution in [0.3, 0.4) is 0 Å². The number of amides is 2. The maximum atomic E-state index is 13.3. The predicted octanol–water partition coefficient (Wildman–Crippen LogP) is 2.04. The van der Waals surface area contributed by atoms with E-state index in [2.05, 4.69) is 21.3 Å². The molecule has 2 aliphatic rings. The zero-order chi connectivity index (χ0) is 36.6. The lowest BCUT2D eigenvalue weighted by molar-refractivity contribution is -0.151. The average molecular weight is 727 g/mol. The number of ketones is 2. The fourth-order valence-electron chi connectivity index (χ4n) is 6.19. The average Bonchev–Trinajstić information content (AvgIpc) is 3.57. The van der Waals surface area contributed by atoms with E-state index in [0.717, 1.165) is 11.1 Å². The van der Waals surface area contributed by atoms with Crippen LogP contribution in [-0.2, 0) is 51.1 Å². The van der Waals surface area contributed by atoms with Gasteiger partial charge in [0, 0.05) is 35.4 Å². The fraction of sp³-hybridized carbons (Fsp3) is 0.500. The van der Waals surface area contributed by atoms with Gasteiger partial charge in [0.05, 0.1) is 25.0 Å². The minimum absolute atomic E-state index is 0.0512. The Morgan fingerprint density at radius 2 is 0.980 bits per heavy atom. The van der Waals surface area contributed by atoms with Gasteiger partial charge in [-0.2, -0.15) is 0 Å². The molecule has 2 aromatic carbocycles. The summed E-state index contributed by atoms with van der Waals surface area (Å²) < 4.78 is 8.62. The Morgan fingerprint density at radius 1 is 0.640 bits per heavy atom. The van der Waals surface area contributed by atoms with Gasteiger partial charge in [0.2, 0.25) is 11.8 Å². The summed E-state index contributed by atoms with van der Waals surface area (Å²) in [5.41, 5.74) is 1.55. The van der Waals surface area contributed by atoms with E-state index in [1.807, 2.05) is 88.4 Å². The largest absolute Gasteiger partial charge is 0.468 e. The Bertz CT molecular complexity index is 1440. The Hall–Kier alpha value is -3.72. The van der Waals surface area contributed by atoms with Crippen LogP contribution in [0.2, 0.25) is 0 Å². The molecule has 12 nitrogen and oxygen atoms in total. The van der Waals surface area contributed by atoms with Crippen LogP contribution in [0, 0.1) is 11.8 Å². The first-order valence-electron chi connectivity index (χ1n) is 16.4. The lowest BCUT2D eigenvalue weighted by Crippen LogP contribution is -2.55. The van der Waals surface area contributed by atoms with E-state index in [-0.39, 0.29) is 49.3 Å². The molecule has 270 valence electrons. The van der Waals surface area contributed by atoms with Crippen LogP contribution in [0.25, 0.3) is 0 Å². The number of Topliss-reactive ketones (excluding diaryl/α,β-unsaturated/α-hetero) is 2. The smallest absolute Gasteiger partial charge is 0.318 e. The normalized spacial score (nSPS) is 23.2. The molecule has 4 N–H and O–H groups in total. The van der Waals surface area contributed by atoms with Gasteiger partial charge in [-0.15, -0.1) is 23.5 Å². The molecule has 2 saturated heterocycles. The number of carbonyl (C=O) groups is 6. The van der Waals surface area contributed by atoms with Crippen LogP contribution in [0.5, 0.6) is 0 Å².